The van der Waals surface area contributed by atoms with Crippen LogP contribution in [0.15, 0.2) is 24.3 Å². The summed E-state index contributed by atoms with van der Waals surface area (Å²) in [5.41, 5.74) is 7.98. The lowest BCUT2D eigenvalue weighted by Gasteiger charge is -2.06. The number of rotatable bonds is 6. The minimum atomic E-state index is -0.907. The quantitative estimate of drug-likeness (QED) is 0.723. The van der Waals surface area contributed by atoms with Gasteiger partial charge < -0.3 is 10.8 Å². The number of benzene rings is 1. The summed E-state index contributed by atoms with van der Waals surface area (Å²) < 4.78 is 0. The fraction of sp³-hybridized carbons (Fsp3) is 0.462. The molecule has 0 bridgehead atoms. The van der Waals surface area contributed by atoms with E-state index in [0.29, 0.717) is 6.42 Å². The first-order chi connectivity index (χ1) is 7.59. The van der Waals surface area contributed by atoms with E-state index in [1.165, 1.54) is 11.1 Å². The predicted octanol–water partition coefficient (Wildman–Crippen LogP) is 2.12. The molecule has 0 amide bonds. The zero-order chi connectivity index (χ0) is 12.0. The number of aryl methyl sites for hydroxylation is 2. The Balaban J connectivity index is 2.21. The average Bonchev–Trinajstić information content (AvgIpc) is 2.26. The van der Waals surface area contributed by atoms with Crippen molar-refractivity contribution < 1.29 is 9.90 Å². The fourth-order valence-corrected chi connectivity index (χ4v) is 1.57. The molecular weight excluding hydrogens is 202 g/mol. The average molecular weight is 221 g/mol. The molecule has 0 radical (unpaired) electrons. The van der Waals surface area contributed by atoms with Gasteiger partial charge in [-0.3, -0.25) is 4.79 Å². The second-order valence-corrected chi connectivity index (χ2v) is 4.18. The molecule has 1 aromatic carbocycles. The van der Waals surface area contributed by atoms with E-state index in [1.54, 1.807) is 0 Å². The molecule has 0 heterocycles. The first kappa shape index (κ1) is 12.7. The lowest BCUT2D eigenvalue weighted by molar-refractivity contribution is -0.138. The van der Waals surface area contributed by atoms with Crippen molar-refractivity contribution in [1.82, 2.24) is 0 Å². The number of carboxylic acid groups (broad SMARTS) is 1. The van der Waals surface area contributed by atoms with Gasteiger partial charge in [0.05, 0.1) is 0 Å². The van der Waals surface area contributed by atoms with E-state index in [9.17, 15) is 4.79 Å². The normalized spacial score (nSPS) is 12.4. The maximum absolute atomic E-state index is 10.5. The molecule has 0 aliphatic heterocycles. The van der Waals surface area contributed by atoms with Crippen molar-refractivity contribution in [2.24, 2.45) is 5.73 Å². The summed E-state index contributed by atoms with van der Waals surface area (Å²) in [6.45, 7) is 2.07. The number of hydrogen-bond acceptors (Lipinski definition) is 2. The standard InChI is InChI=1S/C13H19NO2/c1-10-6-8-11(9-7-10)4-2-3-5-12(14)13(15)16/h6-9,12H,2-5,14H2,1H3,(H,15,16). The highest BCUT2D eigenvalue weighted by Gasteiger charge is 2.09. The van der Waals surface area contributed by atoms with Crippen LogP contribution in [0.2, 0.25) is 0 Å². The number of aliphatic carboxylic acids is 1. The summed E-state index contributed by atoms with van der Waals surface area (Å²) in [5, 5.41) is 8.60. The Labute approximate surface area is 96.3 Å². The molecule has 0 spiro atoms. The molecule has 3 heteroatoms. The SMILES string of the molecule is Cc1ccc(CCCCC(N)C(=O)O)cc1. The van der Waals surface area contributed by atoms with Crippen LogP contribution in [0.4, 0.5) is 0 Å². The van der Waals surface area contributed by atoms with Crippen molar-refractivity contribution in [3.05, 3.63) is 35.4 Å². The molecule has 3 N–H and O–H groups in total. The maximum atomic E-state index is 10.5. The van der Waals surface area contributed by atoms with Crippen LogP contribution in [0.1, 0.15) is 30.4 Å². The zero-order valence-corrected chi connectivity index (χ0v) is 9.65. The zero-order valence-electron chi connectivity index (χ0n) is 9.65. The minimum absolute atomic E-state index is 0.557. The van der Waals surface area contributed by atoms with Crippen molar-refractivity contribution in [3.8, 4) is 0 Å². The minimum Gasteiger partial charge on any atom is -0.480 e. The van der Waals surface area contributed by atoms with Crippen molar-refractivity contribution in [2.45, 2.75) is 38.6 Å². The Hall–Kier alpha value is -1.35. The van der Waals surface area contributed by atoms with E-state index in [0.717, 1.165) is 19.3 Å². The van der Waals surface area contributed by atoms with E-state index in [2.05, 4.69) is 31.2 Å². The fourth-order valence-electron chi connectivity index (χ4n) is 1.57. The first-order valence-corrected chi connectivity index (χ1v) is 5.63. The van der Waals surface area contributed by atoms with Gasteiger partial charge in [0.2, 0.25) is 0 Å². The molecule has 1 rings (SSSR count). The third-order valence-corrected chi connectivity index (χ3v) is 2.67. The molecule has 3 nitrogen and oxygen atoms in total. The smallest absolute Gasteiger partial charge is 0.320 e. The second kappa shape index (κ2) is 6.28. The summed E-state index contributed by atoms with van der Waals surface area (Å²) in [5.74, 6) is -0.907. The molecule has 1 atom stereocenters. The van der Waals surface area contributed by atoms with Crippen molar-refractivity contribution in [1.29, 1.82) is 0 Å². The van der Waals surface area contributed by atoms with Crippen LogP contribution in [0.3, 0.4) is 0 Å². The van der Waals surface area contributed by atoms with E-state index < -0.39 is 12.0 Å². The van der Waals surface area contributed by atoms with Gasteiger partial charge in [0.25, 0.3) is 0 Å². The summed E-state index contributed by atoms with van der Waals surface area (Å²) in [4.78, 5) is 10.5. The van der Waals surface area contributed by atoms with Crippen LogP contribution in [-0.2, 0) is 11.2 Å². The monoisotopic (exact) mass is 221 g/mol. The highest BCUT2D eigenvalue weighted by molar-refractivity contribution is 5.72. The van der Waals surface area contributed by atoms with Crippen molar-refractivity contribution in [2.75, 3.05) is 0 Å². The molecule has 0 saturated heterocycles. The van der Waals surface area contributed by atoms with Crippen LogP contribution >= 0.6 is 0 Å². The van der Waals surface area contributed by atoms with E-state index in [1.807, 2.05) is 0 Å². The van der Waals surface area contributed by atoms with E-state index in [4.69, 9.17) is 10.8 Å². The molecule has 1 unspecified atom stereocenters. The Morgan fingerprint density at radius 1 is 1.31 bits per heavy atom. The Kier molecular flexibility index (Phi) is 4.99. The Bertz CT molecular complexity index is 332. The molecule has 0 fully saturated rings. The van der Waals surface area contributed by atoms with Gasteiger partial charge in [-0.1, -0.05) is 36.2 Å². The van der Waals surface area contributed by atoms with E-state index >= 15 is 0 Å². The largest absolute Gasteiger partial charge is 0.480 e. The topological polar surface area (TPSA) is 63.3 Å². The molecule has 0 aliphatic rings. The summed E-state index contributed by atoms with van der Waals surface area (Å²) >= 11 is 0. The molecule has 16 heavy (non-hydrogen) atoms. The highest BCUT2D eigenvalue weighted by Crippen LogP contribution is 2.09. The van der Waals surface area contributed by atoms with Crippen molar-refractivity contribution >= 4 is 5.97 Å². The lowest BCUT2D eigenvalue weighted by Crippen LogP contribution is -2.29. The van der Waals surface area contributed by atoms with Gasteiger partial charge in [-0.05, 0) is 31.7 Å². The van der Waals surface area contributed by atoms with Gasteiger partial charge in [0, 0.05) is 0 Å². The van der Waals surface area contributed by atoms with Gasteiger partial charge in [-0.15, -0.1) is 0 Å². The second-order valence-electron chi connectivity index (χ2n) is 4.18. The Morgan fingerprint density at radius 3 is 2.50 bits per heavy atom. The van der Waals surface area contributed by atoms with Gasteiger partial charge >= 0.3 is 5.97 Å². The molecule has 0 aliphatic carbocycles. The number of unbranched alkanes of at least 4 members (excludes halogenated alkanes) is 1. The van der Waals surface area contributed by atoms with E-state index in [-0.39, 0.29) is 0 Å². The first-order valence-electron chi connectivity index (χ1n) is 5.63. The van der Waals surface area contributed by atoms with Crippen molar-refractivity contribution in [3.63, 3.8) is 0 Å². The summed E-state index contributed by atoms with van der Waals surface area (Å²) in [6, 6.07) is 7.72. The highest BCUT2D eigenvalue weighted by atomic mass is 16.4. The van der Waals surface area contributed by atoms with Gasteiger partial charge in [0.1, 0.15) is 6.04 Å². The number of carbonyl (C=O) groups is 1. The van der Waals surface area contributed by atoms with Crippen LogP contribution in [0.5, 0.6) is 0 Å². The van der Waals surface area contributed by atoms with Gasteiger partial charge in [0.15, 0.2) is 0 Å². The molecular formula is C13H19NO2. The summed E-state index contributed by atoms with van der Waals surface area (Å²) in [6.07, 6.45) is 3.40. The maximum Gasteiger partial charge on any atom is 0.320 e. The summed E-state index contributed by atoms with van der Waals surface area (Å²) in [7, 11) is 0. The van der Waals surface area contributed by atoms with Gasteiger partial charge in [-0.25, -0.2) is 0 Å². The predicted molar refractivity (Wildman–Crippen MR) is 64.3 cm³/mol. The lowest BCUT2D eigenvalue weighted by atomic mass is 10.0. The number of nitrogens with two attached hydrogens (primary N) is 1. The molecule has 0 saturated carbocycles. The van der Waals surface area contributed by atoms with Crippen LogP contribution < -0.4 is 5.73 Å². The number of carboxylic acids is 1. The molecule has 0 aromatic heterocycles. The third kappa shape index (κ3) is 4.45. The van der Waals surface area contributed by atoms with Crippen LogP contribution in [0.25, 0.3) is 0 Å². The van der Waals surface area contributed by atoms with Crippen LogP contribution in [0, 0.1) is 6.92 Å². The number of hydrogen-bond donors (Lipinski definition) is 2. The third-order valence-electron chi connectivity index (χ3n) is 2.67. The Morgan fingerprint density at radius 2 is 1.94 bits per heavy atom. The van der Waals surface area contributed by atoms with Gasteiger partial charge in [-0.2, -0.15) is 0 Å². The molecule has 1 aromatic rings. The molecule has 88 valence electrons. The van der Waals surface area contributed by atoms with Crippen LogP contribution in [-0.4, -0.2) is 17.1 Å².